The van der Waals surface area contributed by atoms with E-state index >= 15 is 0 Å². The van der Waals surface area contributed by atoms with Crippen LogP contribution in [0.15, 0.2) is 0 Å². The Morgan fingerprint density at radius 1 is 0.643 bits per heavy atom. The fraction of sp³-hybridized carbons (Fsp3) is 1.00. The third-order valence-corrected chi connectivity index (χ3v) is 9.48. The second-order valence-corrected chi connectivity index (χ2v) is 12.0. The van der Waals surface area contributed by atoms with Gasteiger partial charge in [-0.25, -0.2) is 0 Å². The molecule has 1 heterocycles. The number of unbranched alkanes of at least 4 members (excludes halogenated alkanes) is 12. The molecule has 0 N–H and O–H groups in total. The van der Waals surface area contributed by atoms with E-state index in [0.29, 0.717) is 19.8 Å². The first-order chi connectivity index (χ1) is 13.7. The summed E-state index contributed by atoms with van der Waals surface area (Å²) in [4.78, 5) is 10.9. The fourth-order valence-electron chi connectivity index (χ4n) is 3.79. The second-order valence-electron chi connectivity index (χ2n) is 8.12. The monoisotopic (exact) mass is 422 g/mol. The summed E-state index contributed by atoms with van der Waals surface area (Å²) >= 11 is 0. The summed E-state index contributed by atoms with van der Waals surface area (Å²) in [5, 5.41) is 0. The van der Waals surface area contributed by atoms with Gasteiger partial charge in [0.1, 0.15) is 0 Å². The van der Waals surface area contributed by atoms with Gasteiger partial charge < -0.3 is 0 Å². The average Bonchev–Trinajstić information content (AvgIpc) is 2.72. The predicted octanol–water partition coefficient (Wildman–Crippen LogP) is 7.73. The first-order valence-corrected chi connectivity index (χ1v) is 14.4. The van der Waals surface area contributed by atoms with E-state index in [1.165, 1.54) is 77.0 Å². The summed E-state index contributed by atoms with van der Waals surface area (Å²) in [7, 11) is -3.34. The first-order valence-electron chi connectivity index (χ1n) is 12.0. The Bertz CT molecular complexity index is 339. The molecular weight excluding hydrogens is 375 g/mol. The van der Waals surface area contributed by atoms with Crippen molar-refractivity contribution in [2.75, 3.05) is 32.1 Å². The minimum absolute atomic E-state index is 0.460. The first kappa shape index (κ1) is 26.3. The maximum atomic E-state index is 6.28. The Kier molecular flexibility index (Phi) is 15.0. The Labute approximate surface area is 174 Å². The molecule has 0 radical (unpaired) electrons. The van der Waals surface area contributed by atoms with Gasteiger partial charge in [-0.05, 0) is 0 Å². The zero-order valence-electron chi connectivity index (χ0n) is 18.9. The molecule has 1 aliphatic rings. The summed E-state index contributed by atoms with van der Waals surface area (Å²) in [5.41, 5.74) is 0. The zero-order chi connectivity index (χ0) is 20.4. The molecular formula is C22H47O5P. The summed E-state index contributed by atoms with van der Waals surface area (Å²) in [5.74, 6) is 0. The Balaban J connectivity index is 2.51. The van der Waals surface area contributed by atoms with Crippen molar-refractivity contribution in [1.29, 1.82) is 0 Å². The molecule has 1 aliphatic heterocycles. The molecule has 0 spiro atoms. The van der Waals surface area contributed by atoms with Crippen molar-refractivity contribution in [1.82, 2.24) is 0 Å². The Hall–Kier alpha value is 0.230. The Morgan fingerprint density at radius 2 is 1.14 bits per heavy atom. The quantitative estimate of drug-likeness (QED) is 0.0922. The van der Waals surface area contributed by atoms with Crippen molar-refractivity contribution in [3.8, 4) is 0 Å². The van der Waals surface area contributed by atoms with Gasteiger partial charge in [0, 0.05) is 0 Å². The van der Waals surface area contributed by atoms with Crippen molar-refractivity contribution >= 4 is 7.28 Å². The molecule has 1 saturated heterocycles. The van der Waals surface area contributed by atoms with E-state index < -0.39 is 7.28 Å². The van der Waals surface area contributed by atoms with Crippen molar-refractivity contribution in [2.24, 2.45) is 0 Å². The molecule has 0 unspecified atom stereocenters. The van der Waals surface area contributed by atoms with Gasteiger partial charge in [0.05, 0.1) is 0 Å². The van der Waals surface area contributed by atoms with Crippen LogP contribution in [0.5, 0.6) is 0 Å². The topological polar surface area (TPSA) is 46.2 Å². The van der Waals surface area contributed by atoms with Crippen LogP contribution in [0, 0.1) is 0 Å². The molecule has 170 valence electrons. The van der Waals surface area contributed by atoms with E-state index in [1.807, 2.05) is 6.92 Å². The molecule has 0 aromatic rings. The van der Waals surface area contributed by atoms with Crippen molar-refractivity contribution in [3.63, 3.8) is 0 Å². The van der Waals surface area contributed by atoms with Gasteiger partial charge >= 0.3 is 174 Å². The van der Waals surface area contributed by atoms with Crippen LogP contribution >= 0.6 is 7.28 Å². The molecule has 0 atom stereocenters. The Morgan fingerprint density at radius 3 is 1.57 bits per heavy atom. The maximum absolute atomic E-state index is 6.28. The van der Waals surface area contributed by atoms with Crippen molar-refractivity contribution in [2.45, 2.75) is 111 Å². The van der Waals surface area contributed by atoms with E-state index in [9.17, 15) is 0 Å². The summed E-state index contributed by atoms with van der Waals surface area (Å²) in [6, 6.07) is 0. The van der Waals surface area contributed by atoms with E-state index in [4.69, 9.17) is 23.6 Å². The number of hydrogen-bond acceptors (Lipinski definition) is 5. The number of rotatable bonds is 19. The molecule has 0 aromatic carbocycles. The molecule has 1 fully saturated rings. The normalized spacial score (nSPS) is 19.9. The minimum atomic E-state index is -3.34. The fourth-order valence-corrected chi connectivity index (χ4v) is 7.49. The van der Waals surface area contributed by atoms with E-state index in [-0.39, 0.29) is 0 Å². The molecule has 0 saturated carbocycles. The van der Waals surface area contributed by atoms with Crippen LogP contribution < -0.4 is 0 Å². The van der Waals surface area contributed by atoms with Gasteiger partial charge in [0.15, 0.2) is 0 Å². The van der Waals surface area contributed by atoms with Gasteiger partial charge in [-0.2, -0.15) is 0 Å². The van der Waals surface area contributed by atoms with E-state index in [1.54, 1.807) is 0 Å². The molecule has 0 aromatic heterocycles. The van der Waals surface area contributed by atoms with Crippen molar-refractivity contribution < 1.29 is 23.6 Å². The van der Waals surface area contributed by atoms with Gasteiger partial charge in [-0.3, -0.25) is 0 Å². The third-order valence-electron chi connectivity index (χ3n) is 5.49. The van der Waals surface area contributed by atoms with Gasteiger partial charge in [-0.1, -0.05) is 0 Å². The zero-order valence-corrected chi connectivity index (χ0v) is 19.8. The van der Waals surface area contributed by atoms with Crippen LogP contribution in [-0.2, 0) is 23.6 Å². The summed E-state index contributed by atoms with van der Waals surface area (Å²) in [6.45, 7) is 7.91. The van der Waals surface area contributed by atoms with Crippen LogP contribution in [0.1, 0.15) is 111 Å². The SMILES string of the molecule is CCCCCCCCCP1(CCCCCCCCC)(OOCC)OCCOO1. The van der Waals surface area contributed by atoms with E-state index in [2.05, 4.69) is 13.8 Å². The number of hydrogen-bond donors (Lipinski definition) is 0. The van der Waals surface area contributed by atoms with Crippen LogP contribution in [0.25, 0.3) is 0 Å². The van der Waals surface area contributed by atoms with Crippen molar-refractivity contribution in [3.05, 3.63) is 0 Å². The molecule has 0 amide bonds. The standard InChI is InChI=1S/C22H47O5P/c1-4-7-9-11-13-15-17-21-28(26-23-6-3,25-20-19-24-27-28)22-18-16-14-12-10-8-5-2/h4-22H2,1-3H3. The molecule has 0 aliphatic carbocycles. The summed E-state index contributed by atoms with van der Waals surface area (Å²) < 4.78 is 18.1. The second kappa shape index (κ2) is 16.0. The molecule has 0 bridgehead atoms. The average molecular weight is 423 g/mol. The van der Waals surface area contributed by atoms with Crippen LogP contribution in [0.3, 0.4) is 0 Å². The van der Waals surface area contributed by atoms with Crippen LogP contribution in [0.2, 0.25) is 0 Å². The molecule has 6 heteroatoms. The molecule has 28 heavy (non-hydrogen) atoms. The molecule has 1 rings (SSSR count). The van der Waals surface area contributed by atoms with Crippen LogP contribution in [-0.4, -0.2) is 32.1 Å². The van der Waals surface area contributed by atoms with Crippen LogP contribution in [0.4, 0.5) is 0 Å². The van der Waals surface area contributed by atoms with Gasteiger partial charge in [-0.15, -0.1) is 0 Å². The summed E-state index contributed by atoms with van der Waals surface area (Å²) in [6.07, 6.45) is 19.1. The third kappa shape index (κ3) is 10.3. The molecule has 5 nitrogen and oxygen atoms in total. The predicted molar refractivity (Wildman–Crippen MR) is 118 cm³/mol. The van der Waals surface area contributed by atoms with E-state index in [0.717, 1.165) is 25.2 Å². The van der Waals surface area contributed by atoms with Gasteiger partial charge in [0.25, 0.3) is 0 Å². The van der Waals surface area contributed by atoms with Gasteiger partial charge in [0.2, 0.25) is 0 Å².